The van der Waals surface area contributed by atoms with E-state index in [-0.39, 0.29) is 0 Å². The number of methoxy groups -OCH3 is 1. The fourth-order valence-electron chi connectivity index (χ4n) is 1.54. The molecule has 1 aromatic rings. The van der Waals surface area contributed by atoms with Crippen LogP contribution in [0.4, 0.5) is 11.4 Å². The van der Waals surface area contributed by atoms with Crippen molar-refractivity contribution >= 4 is 17.3 Å². The standard InChI is InChI=1S/C13H20N2O3/c1-4-18-8-7-15(2)10-5-6-12(14)11(9-10)13(16)17-3/h5-6,9H,4,7-8,14H2,1-3H3. The zero-order valence-electron chi connectivity index (χ0n) is 11.1. The average Bonchev–Trinajstić information content (AvgIpc) is 2.38. The maximum atomic E-state index is 11.5. The van der Waals surface area contributed by atoms with E-state index in [1.54, 1.807) is 12.1 Å². The van der Waals surface area contributed by atoms with Crippen molar-refractivity contribution in [1.82, 2.24) is 0 Å². The number of esters is 1. The molecule has 0 spiro atoms. The van der Waals surface area contributed by atoms with Crippen molar-refractivity contribution in [2.24, 2.45) is 0 Å². The Labute approximate surface area is 107 Å². The Kier molecular flexibility index (Phi) is 5.45. The number of carbonyl (C=O) groups is 1. The van der Waals surface area contributed by atoms with Crippen molar-refractivity contribution in [3.63, 3.8) is 0 Å². The van der Waals surface area contributed by atoms with Gasteiger partial charge in [-0.25, -0.2) is 4.79 Å². The molecule has 1 rings (SSSR count). The summed E-state index contributed by atoms with van der Waals surface area (Å²) < 4.78 is 9.98. The molecule has 1 aromatic carbocycles. The second kappa shape index (κ2) is 6.86. The van der Waals surface area contributed by atoms with Crippen molar-refractivity contribution < 1.29 is 14.3 Å². The quantitative estimate of drug-likeness (QED) is 0.472. The molecule has 100 valence electrons. The molecule has 0 aliphatic rings. The molecule has 0 atom stereocenters. The van der Waals surface area contributed by atoms with Gasteiger partial charge < -0.3 is 20.1 Å². The van der Waals surface area contributed by atoms with Gasteiger partial charge in [-0.15, -0.1) is 0 Å². The van der Waals surface area contributed by atoms with E-state index in [1.165, 1.54) is 7.11 Å². The number of hydrogen-bond donors (Lipinski definition) is 1. The minimum absolute atomic E-state index is 0.387. The lowest BCUT2D eigenvalue weighted by molar-refractivity contribution is 0.0602. The van der Waals surface area contributed by atoms with Crippen molar-refractivity contribution in [2.45, 2.75) is 6.92 Å². The molecule has 0 unspecified atom stereocenters. The summed E-state index contributed by atoms with van der Waals surface area (Å²) >= 11 is 0. The SMILES string of the molecule is CCOCCN(C)c1ccc(N)c(C(=O)OC)c1. The minimum Gasteiger partial charge on any atom is -0.465 e. The lowest BCUT2D eigenvalue weighted by Crippen LogP contribution is -2.23. The third-order valence-corrected chi connectivity index (χ3v) is 2.66. The molecule has 0 aliphatic heterocycles. The number of nitrogens with zero attached hydrogens (tertiary/aromatic N) is 1. The fraction of sp³-hybridized carbons (Fsp3) is 0.462. The van der Waals surface area contributed by atoms with Crippen LogP contribution in [-0.4, -0.2) is 39.9 Å². The normalized spacial score (nSPS) is 10.2. The minimum atomic E-state index is -0.424. The number of hydrogen-bond acceptors (Lipinski definition) is 5. The van der Waals surface area contributed by atoms with Gasteiger partial charge >= 0.3 is 5.97 Å². The number of ether oxygens (including phenoxy) is 2. The molecule has 0 heterocycles. The van der Waals surface area contributed by atoms with Crippen LogP contribution in [-0.2, 0) is 9.47 Å². The first-order valence-electron chi connectivity index (χ1n) is 5.86. The van der Waals surface area contributed by atoms with Gasteiger partial charge in [-0.1, -0.05) is 0 Å². The first-order valence-corrected chi connectivity index (χ1v) is 5.86. The molecule has 5 nitrogen and oxygen atoms in total. The fourth-order valence-corrected chi connectivity index (χ4v) is 1.54. The molecule has 2 N–H and O–H groups in total. The van der Waals surface area contributed by atoms with E-state index in [2.05, 4.69) is 4.74 Å². The van der Waals surface area contributed by atoms with E-state index >= 15 is 0 Å². The van der Waals surface area contributed by atoms with E-state index < -0.39 is 5.97 Å². The highest BCUT2D eigenvalue weighted by molar-refractivity contribution is 5.96. The van der Waals surface area contributed by atoms with E-state index in [0.29, 0.717) is 24.5 Å². The number of nitrogen functional groups attached to an aromatic ring is 1. The topological polar surface area (TPSA) is 64.8 Å². The number of likely N-dealkylation sites (N-methyl/N-ethyl adjacent to an activating group) is 1. The predicted octanol–water partition coefficient (Wildman–Crippen LogP) is 1.53. The number of benzene rings is 1. The molecule has 5 heteroatoms. The highest BCUT2D eigenvalue weighted by Gasteiger charge is 2.12. The van der Waals surface area contributed by atoms with Crippen LogP contribution in [0.5, 0.6) is 0 Å². The van der Waals surface area contributed by atoms with E-state index in [4.69, 9.17) is 10.5 Å². The summed E-state index contributed by atoms with van der Waals surface area (Å²) in [5, 5.41) is 0. The molecule has 0 fully saturated rings. The smallest absolute Gasteiger partial charge is 0.340 e. The van der Waals surface area contributed by atoms with Crippen LogP contribution in [0.1, 0.15) is 17.3 Å². The Balaban J connectivity index is 2.80. The van der Waals surface area contributed by atoms with Crippen LogP contribution in [0.3, 0.4) is 0 Å². The van der Waals surface area contributed by atoms with Crippen LogP contribution in [0.25, 0.3) is 0 Å². The van der Waals surface area contributed by atoms with Gasteiger partial charge in [0, 0.05) is 31.6 Å². The van der Waals surface area contributed by atoms with Gasteiger partial charge in [0.2, 0.25) is 0 Å². The molecule has 18 heavy (non-hydrogen) atoms. The summed E-state index contributed by atoms with van der Waals surface area (Å²) in [6, 6.07) is 5.31. The average molecular weight is 252 g/mol. The number of anilines is 2. The second-order valence-corrected chi connectivity index (χ2v) is 3.88. The van der Waals surface area contributed by atoms with Gasteiger partial charge in [-0.3, -0.25) is 0 Å². The Hall–Kier alpha value is -1.75. The van der Waals surface area contributed by atoms with Gasteiger partial charge in [0.25, 0.3) is 0 Å². The maximum Gasteiger partial charge on any atom is 0.340 e. The number of rotatable bonds is 6. The van der Waals surface area contributed by atoms with E-state index in [1.807, 2.05) is 24.9 Å². The Bertz CT molecular complexity index is 407. The van der Waals surface area contributed by atoms with Crippen LogP contribution >= 0.6 is 0 Å². The molecular weight excluding hydrogens is 232 g/mol. The summed E-state index contributed by atoms with van der Waals surface area (Å²) in [4.78, 5) is 13.5. The van der Waals surface area contributed by atoms with E-state index in [0.717, 1.165) is 12.2 Å². The Morgan fingerprint density at radius 2 is 2.17 bits per heavy atom. The highest BCUT2D eigenvalue weighted by Crippen LogP contribution is 2.21. The maximum absolute atomic E-state index is 11.5. The Morgan fingerprint density at radius 3 is 2.78 bits per heavy atom. The zero-order valence-corrected chi connectivity index (χ0v) is 11.1. The number of nitrogens with two attached hydrogens (primary N) is 1. The largest absolute Gasteiger partial charge is 0.465 e. The zero-order chi connectivity index (χ0) is 13.5. The highest BCUT2D eigenvalue weighted by atomic mass is 16.5. The van der Waals surface area contributed by atoms with Crippen molar-refractivity contribution in [2.75, 3.05) is 44.5 Å². The lowest BCUT2D eigenvalue weighted by Gasteiger charge is -2.20. The summed E-state index contributed by atoms with van der Waals surface area (Å²) in [5.74, 6) is -0.424. The molecule has 0 saturated carbocycles. The van der Waals surface area contributed by atoms with Crippen LogP contribution in [0.2, 0.25) is 0 Å². The molecule has 0 bridgehead atoms. The predicted molar refractivity (Wildman–Crippen MR) is 72.0 cm³/mol. The molecule has 0 aliphatic carbocycles. The van der Waals surface area contributed by atoms with Gasteiger partial charge in [0.05, 0.1) is 19.3 Å². The molecule has 0 radical (unpaired) electrons. The van der Waals surface area contributed by atoms with Crippen molar-refractivity contribution in [3.05, 3.63) is 23.8 Å². The van der Waals surface area contributed by atoms with Gasteiger partial charge in [-0.2, -0.15) is 0 Å². The summed E-state index contributed by atoms with van der Waals surface area (Å²) in [5.41, 5.74) is 7.46. The molecule has 0 amide bonds. The lowest BCUT2D eigenvalue weighted by atomic mass is 10.1. The van der Waals surface area contributed by atoms with Crippen molar-refractivity contribution in [3.8, 4) is 0 Å². The summed E-state index contributed by atoms with van der Waals surface area (Å²) in [6.07, 6.45) is 0. The van der Waals surface area contributed by atoms with Crippen LogP contribution in [0, 0.1) is 0 Å². The van der Waals surface area contributed by atoms with Crippen molar-refractivity contribution in [1.29, 1.82) is 0 Å². The summed E-state index contributed by atoms with van der Waals surface area (Å²) in [6.45, 7) is 4.05. The van der Waals surface area contributed by atoms with Gasteiger partial charge in [0.1, 0.15) is 0 Å². The van der Waals surface area contributed by atoms with Gasteiger partial charge in [0.15, 0.2) is 0 Å². The van der Waals surface area contributed by atoms with Crippen LogP contribution < -0.4 is 10.6 Å². The first kappa shape index (κ1) is 14.3. The molecule has 0 saturated heterocycles. The second-order valence-electron chi connectivity index (χ2n) is 3.88. The van der Waals surface area contributed by atoms with Crippen LogP contribution in [0.15, 0.2) is 18.2 Å². The van der Waals surface area contributed by atoms with E-state index in [9.17, 15) is 4.79 Å². The molecule has 0 aromatic heterocycles. The Morgan fingerprint density at radius 1 is 1.44 bits per heavy atom. The molecular formula is C13H20N2O3. The third-order valence-electron chi connectivity index (χ3n) is 2.66. The monoisotopic (exact) mass is 252 g/mol. The van der Waals surface area contributed by atoms with Gasteiger partial charge in [-0.05, 0) is 25.1 Å². The first-order chi connectivity index (χ1) is 8.60. The number of carbonyl (C=O) groups excluding carboxylic acids is 1. The summed E-state index contributed by atoms with van der Waals surface area (Å²) in [7, 11) is 3.28. The third kappa shape index (κ3) is 3.63.